The fourth-order valence-corrected chi connectivity index (χ4v) is 2.08. The lowest BCUT2D eigenvalue weighted by Gasteiger charge is -2.09. The molecule has 1 heterocycles. The summed E-state index contributed by atoms with van der Waals surface area (Å²) in [5, 5.41) is 14.6. The van der Waals surface area contributed by atoms with E-state index < -0.39 is 0 Å². The van der Waals surface area contributed by atoms with Crippen molar-refractivity contribution < 1.29 is 9.94 Å². The van der Waals surface area contributed by atoms with Crippen LogP contribution in [0, 0.1) is 6.92 Å². The average molecular weight is 263 g/mol. The Morgan fingerprint density at radius 3 is 2.94 bits per heavy atom. The van der Waals surface area contributed by atoms with Crippen molar-refractivity contribution in [3.05, 3.63) is 45.9 Å². The standard InChI is InChI=1S/C12H13N3O2S/c1-8-14-9(7-18-8)6-17-11-5-3-2-4-10(11)12(13)15-16/h2-5,7,16H,6H2,1H3,(H2,13,15). The summed E-state index contributed by atoms with van der Waals surface area (Å²) in [7, 11) is 0. The topological polar surface area (TPSA) is 80.7 Å². The number of ether oxygens (including phenoxy) is 1. The minimum atomic E-state index is 0.0278. The van der Waals surface area contributed by atoms with Crippen molar-refractivity contribution in [2.75, 3.05) is 0 Å². The van der Waals surface area contributed by atoms with Crippen molar-refractivity contribution in [1.29, 1.82) is 0 Å². The molecular weight excluding hydrogens is 250 g/mol. The Kier molecular flexibility index (Phi) is 3.78. The van der Waals surface area contributed by atoms with E-state index in [-0.39, 0.29) is 5.84 Å². The summed E-state index contributed by atoms with van der Waals surface area (Å²) in [6, 6.07) is 7.13. The summed E-state index contributed by atoms with van der Waals surface area (Å²) >= 11 is 1.58. The number of aryl methyl sites for hydroxylation is 1. The van der Waals surface area contributed by atoms with Crippen molar-refractivity contribution in [3.63, 3.8) is 0 Å². The third kappa shape index (κ3) is 2.78. The van der Waals surface area contributed by atoms with E-state index in [0.717, 1.165) is 10.7 Å². The zero-order valence-corrected chi connectivity index (χ0v) is 10.6. The summed E-state index contributed by atoms with van der Waals surface area (Å²) in [5.74, 6) is 0.596. The van der Waals surface area contributed by atoms with E-state index in [1.165, 1.54) is 0 Å². The maximum absolute atomic E-state index is 8.70. The van der Waals surface area contributed by atoms with Crippen molar-refractivity contribution in [1.82, 2.24) is 4.98 Å². The van der Waals surface area contributed by atoms with Crippen LogP contribution in [0.3, 0.4) is 0 Å². The van der Waals surface area contributed by atoms with Crippen molar-refractivity contribution in [2.24, 2.45) is 10.9 Å². The number of para-hydroxylation sites is 1. The van der Waals surface area contributed by atoms with Gasteiger partial charge in [-0.15, -0.1) is 11.3 Å². The van der Waals surface area contributed by atoms with E-state index in [0.29, 0.717) is 17.9 Å². The van der Waals surface area contributed by atoms with Crippen molar-refractivity contribution in [3.8, 4) is 5.75 Å². The molecule has 1 aromatic heterocycles. The molecule has 18 heavy (non-hydrogen) atoms. The molecule has 0 fully saturated rings. The van der Waals surface area contributed by atoms with E-state index in [1.54, 1.807) is 29.5 Å². The molecule has 0 unspecified atom stereocenters. The molecule has 3 N–H and O–H groups in total. The lowest BCUT2D eigenvalue weighted by atomic mass is 10.2. The molecule has 6 heteroatoms. The number of nitrogens with zero attached hydrogens (tertiary/aromatic N) is 2. The van der Waals surface area contributed by atoms with Gasteiger partial charge in [0.25, 0.3) is 0 Å². The first-order valence-electron chi connectivity index (χ1n) is 5.31. The van der Waals surface area contributed by atoms with Gasteiger partial charge in [-0.05, 0) is 19.1 Å². The Bertz CT molecular complexity index is 566. The SMILES string of the molecule is Cc1nc(COc2ccccc2C(N)=NO)cs1. The van der Waals surface area contributed by atoms with Crippen LogP contribution in [-0.4, -0.2) is 16.0 Å². The predicted molar refractivity (Wildman–Crippen MR) is 70.1 cm³/mol. The van der Waals surface area contributed by atoms with Gasteiger partial charge in [0.05, 0.1) is 16.3 Å². The quantitative estimate of drug-likeness (QED) is 0.383. The third-order valence-corrected chi connectivity index (χ3v) is 3.14. The molecule has 2 rings (SSSR count). The molecule has 0 spiro atoms. The number of hydrogen-bond acceptors (Lipinski definition) is 5. The van der Waals surface area contributed by atoms with Crippen LogP contribution < -0.4 is 10.5 Å². The summed E-state index contributed by atoms with van der Waals surface area (Å²) in [6.07, 6.45) is 0. The minimum absolute atomic E-state index is 0.0278. The highest BCUT2D eigenvalue weighted by Crippen LogP contribution is 2.19. The van der Waals surface area contributed by atoms with Gasteiger partial charge in [-0.25, -0.2) is 4.98 Å². The number of nitrogens with two attached hydrogens (primary N) is 1. The Morgan fingerprint density at radius 1 is 1.50 bits per heavy atom. The fourth-order valence-electron chi connectivity index (χ4n) is 1.48. The second kappa shape index (κ2) is 5.50. The number of hydrogen-bond donors (Lipinski definition) is 2. The lowest BCUT2D eigenvalue weighted by molar-refractivity contribution is 0.299. The van der Waals surface area contributed by atoms with Gasteiger partial charge in [0.2, 0.25) is 0 Å². The molecule has 94 valence electrons. The number of oxime groups is 1. The molecule has 0 amide bonds. The van der Waals surface area contributed by atoms with Gasteiger partial charge in [0.1, 0.15) is 12.4 Å². The van der Waals surface area contributed by atoms with Crippen LogP contribution in [-0.2, 0) is 6.61 Å². The Balaban J connectivity index is 2.14. The van der Waals surface area contributed by atoms with Gasteiger partial charge in [-0.3, -0.25) is 0 Å². The maximum atomic E-state index is 8.70. The van der Waals surface area contributed by atoms with Gasteiger partial charge in [-0.2, -0.15) is 0 Å². The van der Waals surface area contributed by atoms with Gasteiger partial charge in [-0.1, -0.05) is 17.3 Å². The number of thiazole rings is 1. The number of amidine groups is 1. The first-order valence-corrected chi connectivity index (χ1v) is 6.19. The zero-order valence-electron chi connectivity index (χ0n) is 9.83. The molecular formula is C12H13N3O2S. The molecule has 2 aromatic rings. The van der Waals surface area contributed by atoms with Crippen LogP contribution in [0.25, 0.3) is 0 Å². The molecule has 0 aliphatic rings. The highest BCUT2D eigenvalue weighted by atomic mass is 32.1. The van der Waals surface area contributed by atoms with E-state index >= 15 is 0 Å². The van der Waals surface area contributed by atoms with Crippen molar-refractivity contribution >= 4 is 17.2 Å². The smallest absolute Gasteiger partial charge is 0.173 e. The Hall–Kier alpha value is -2.08. The Labute approximate surface area is 109 Å². The molecule has 0 atom stereocenters. The fraction of sp³-hybridized carbons (Fsp3) is 0.167. The number of rotatable bonds is 4. The number of aromatic nitrogens is 1. The second-order valence-corrected chi connectivity index (χ2v) is 4.69. The highest BCUT2D eigenvalue weighted by Gasteiger charge is 2.08. The average Bonchev–Trinajstić information content (AvgIpc) is 2.81. The molecule has 0 radical (unpaired) electrons. The summed E-state index contributed by atoms with van der Waals surface area (Å²) < 4.78 is 5.63. The van der Waals surface area contributed by atoms with Gasteiger partial charge in [0, 0.05) is 5.38 Å². The first kappa shape index (κ1) is 12.4. The van der Waals surface area contributed by atoms with E-state index in [1.807, 2.05) is 18.4 Å². The van der Waals surface area contributed by atoms with Gasteiger partial charge in [0.15, 0.2) is 5.84 Å². The zero-order chi connectivity index (χ0) is 13.0. The summed E-state index contributed by atoms with van der Waals surface area (Å²) in [4.78, 5) is 4.30. The van der Waals surface area contributed by atoms with Crippen LogP contribution in [0.5, 0.6) is 5.75 Å². The normalized spacial score (nSPS) is 11.5. The van der Waals surface area contributed by atoms with Crippen LogP contribution in [0.2, 0.25) is 0 Å². The van der Waals surface area contributed by atoms with Crippen LogP contribution in [0.15, 0.2) is 34.8 Å². The van der Waals surface area contributed by atoms with Crippen molar-refractivity contribution in [2.45, 2.75) is 13.5 Å². The van der Waals surface area contributed by atoms with Gasteiger partial charge < -0.3 is 15.7 Å². The third-order valence-electron chi connectivity index (χ3n) is 2.31. The van der Waals surface area contributed by atoms with Crippen LogP contribution in [0.1, 0.15) is 16.3 Å². The largest absolute Gasteiger partial charge is 0.486 e. The molecule has 0 saturated heterocycles. The summed E-state index contributed by atoms with van der Waals surface area (Å²) in [6.45, 7) is 2.30. The summed E-state index contributed by atoms with van der Waals surface area (Å²) in [5.41, 5.74) is 7.00. The van der Waals surface area contributed by atoms with Crippen LogP contribution in [0.4, 0.5) is 0 Å². The van der Waals surface area contributed by atoms with Gasteiger partial charge >= 0.3 is 0 Å². The molecule has 0 bridgehead atoms. The molecule has 0 saturated carbocycles. The lowest BCUT2D eigenvalue weighted by Crippen LogP contribution is -2.14. The van der Waals surface area contributed by atoms with E-state index in [4.69, 9.17) is 15.7 Å². The first-order chi connectivity index (χ1) is 8.70. The minimum Gasteiger partial charge on any atom is -0.486 e. The monoisotopic (exact) mass is 263 g/mol. The molecule has 1 aromatic carbocycles. The predicted octanol–water partition coefficient (Wildman–Crippen LogP) is 2.13. The maximum Gasteiger partial charge on any atom is 0.173 e. The second-order valence-electron chi connectivity index (χ2n) is 3.63. The molecule has 5 nitrogen and oxygen atoms in total. The number of benzene rings is 1. The highest BCUT2D eigenvalue weighted by molar-refractivity contribution is 7.09. The van der Waals surface area contributed by atoms with E-state index in [9.17, 15) is 0 Å². The molecule has 0 aliphatic heterocycles. The Morgan fingerprint density at radius 2 is 2.28 bits per heavy atom. The van der Waals surface area contributed by atoms with Crippen LogP contribution >= 0.6 is 11.3 Å². The molecule has 0 aliphatic carbocycles. The van der Waals surface area contributed by atoms with E-state index in [2.05, 4.69) is 10.1 Å².